The van der Waals surface area contributed by atoms with E-state index in [1.165, 1.54) is 0 Å². The van der Waals surface area contributed by atoms with E-state index < -0.39 is 0 Å². The standard InChI is InChI=1S/C13H15N5O/c1-9-15-5-4-11(18-9)8-17-13(19)12-7-10(14-2)3-6-16-12/h3-7H,8H2,1-2H3,(H,14,16)(H,17,19). The largest absolute Gasteiger partial charge is 0.388 e. The molecule has 19 heavy (non-hydrogen) atoms. The third-order valence-corrected chi connectivity index (χ3v) is 2.55. The molecule has 0 unspecified atom stereocenters. The van der Waals surface area contributed by atoms with Crippen LogP contribution in [0.4, 0.5) is 5.69 Å². The van der Waals surface area contributed by atoms with Crippen LogP contribution in [0.3, 0.4) is 0 Å². The summed E-state index contributed by atoms with van der Waals surface area (Å²) in [5, 5.41) is 5.74. The molecule has 0 aromatic carbocycles. The van der Waals surface area contributed by atoms with Crippen LogP contribution < -0.4 is 10.6 Å². The number of hydrogen-bond acceptors (Lipinski definition) is 5. The number of amides is 1. The van der Waals surface area contributed by atoms with E-state index >= 15 is 0 Å². The molecule has 0 aliphatic carbocycles. The molecule has 0 atom stereocenters. The van der Waals surface area contributed by atoms with Crippen molar-refractivity contribution >= 4 is 11.6 Å². The van der Waals surface area contributed by atoms with Crippen molar-refractivity contribution < 1.29 is 4.79 Å². The number of pyridine rings is 1. The zero-order chi connectivity index (χ0) is 13.7. The van der Waals surface area contributed by atoms with Crippen LogP contribution in [0, 0.1) is 6.92 Å². The van der Waals surface area contributed by atoms with Crippen LogP contribution in [0.5, 0.6) is 0 Å². The van der Waals surface area contributed by atoms with Gasteiger partial charge in [-0.1, -0.05) is 0 Å². The van der Waals surface area contributed by atoms with Gasteiger partial charge in [-0.15, -0.1) is 0 Å². The summed E-state index contributed by atoms with van der Waals surface area (Å²) in [7, 11) is 1.79. The number of nitrogens with zero attached hydrogens (tertiary/aromatic N) is 3. The predicted molar refractivity (Wildman–Crippen MR) is 71.7 cm³/mol. The molecule has 98 valence electrons. The van der Waals surface area contributed by atoms with Crippen molar-refractivity contribution in [1.82, 2.24) is 20.3 Å². The van der Waals surface area contributed by atoms with E-state index in [2.05, 4.69) is 25.6 Å². The highest BCUT2D eigenvalue weighted by atomic mass is 16.1. The van der Waals surface area contributed by atoms with Crippen molar-refractivity contribution in [3.8, 4) is 0 Å². The van der Waals surface area contributed by atoms with Crippen molar-refractivity contribution in [2.45, 2.75) is 13.5 Å². The van der Waals surface area contributed by atoms with Crippen molar-refractivity contribution in [3.63, 3.8) is 0 Å². The molecule has 0 spiro atoms. The second kappa shape index (κ2) is 5.90. The van der Waals surface area contributed by atoms with E-state index in [0.29, 0.717) is 18.1 Å². The number of carbonyl (C=O) groups is 1. The first-order chi connectivity index (χ1) is 9.19. The van der Waals surface area contributed by atoms with Crippen LogP contribution in [0.15, 0.2) is 30.6 Å². The summed E-state index contributed by atoms with van der Waals surface area (Å²) in [6, 6.07) is 5.26. The molecule has 1 amide bonds. The number of carbonyl (C=O) groups excluding carboxylic acids is 1. The van der Waals surface area contributed by atoms with Gasteiger partial charge in [0.15, 0.2) is 0 Å². The molecule has 2 aromatic heterocycles. The lowest BCUT2D eigenvalue weighted by atomic mass is 10.3. The quantitative estimate of drug-likeness (QED) is 0.859. The lowest BCUT2D eigenvalue weighted by molar-refractivity contribution is 0.0945. The first-order valence-electron chi connectivity index (χ1n) is 5.89. The van der Waals surface area contributed by atoms with E-state index in [0.717, 1.165) is 11.4 Å². The second-order valence-electron chi connectivity index (χ2n) is 3.96. The lowest BCUT2D eigenvalue weighted by Gasteiger charge is -2.06. The van der Waals surface area contributed by atoms with Gasteiger partial charge in [-0.05, 0) is 25.1 Å². The summed E-state index contributed by atoms with van der Waals surface area (Å²) >= 11 is 0. The van der Waals surface area contributed by atoms with Gasteiger partial charge in [0.05, 0.1) is 12.2 Å². The molecule has 0 radical (unpaired) electrons. The summed E-state index contributed by atoms with van der Waals surface area (Å²) in [6.45, 7) is 2.16. The fraction of sp³-hybridized carbons (Fsp3) is 0.231. The average molecular weight is 257 g/mol. The van der Waals surface area contributed by atoms with Crippen molar-refractivity contribution in [1.29, 1.82) is 0 Å². The lowest BCUT2D eigenvalue weighted by Crippen LogP contribution is -2.24. The Balaban J connectivity index is 2.01. The van der Waals surface area contributed by atoms with Crippen LogP contribution in [-0.2, 0) is 6.54 Å². The molecular formula is C13H15N5O. The van der Waals surface area contributed by atoms with Crippen LogP contribution in [0.1, 0.15) is 22.0 Å². The van der Waals surface area contributed by atoms with E-state index in [1.54, 1.807) is 37.6 Å². The Morgan fingerprint density at radius 1 is 1.26 bits per heavy atom. The highest BCUT2D eigenvalue weighted by molar-refractivity contribution is 5.92. The molecule has 0 saturated heterocycles. The SMILES string of the molecule is CNc1ccnc(C(=O)NCc2ccnc(C)n2)c1. The first kappa shape index (κ1) is 12.9. The minimum absolute atomic E-state index is 0.228. The molecule has 2 heterocycles. The normalized spacial score (nSPS) is 10.0. The van der Waals surface area contributed by atoms with Gasteiger partial charge in [0, 0.05) is 25.1 Å². The molecule has 0 saturated carbocycles. The number of anilines is 1. The Morgan fingerprint density at radius 2 is 2.05 bits per heavy atom. The molecule has 0 aliphatic rings. The summed E-state index contributed by atoms with van der Waals surface area (Å²) in [5.74, 6) is 0.454. The van der Waals surface area contributed by atoms with Gasteiger partial charge in [-0.25, -0.2) is 9.97 Å². The van der Waals surface area contributed by atoms with Gasteiger partial charge in [-0.2, -0.15) is 0 Å². The molecule has 2 rings (SSSR count). The van der Waals surface area contributed by atoms with E-state index in [9.17, 15) is 4.79 Å². The maximum Gasteiger partial charge on any atom is 0.270 e. The number of aryl methyl sites for hydroxylation is 1. The fourth-order valence-corrected chi connectivity index (χ4v) is 1.58. The Hall–Kier alpha value is -2.50. The van der Waals surface area contributed by atoms with Gasteiger partial charge >= 0.3 is 0 Å². The zero-order valence-corrected chi connectivity index (χ0v) is 10.8. The van der Waals surface area contributed by atoms with Crippen LogP contribution in [-0.4, -0.2) is 27.9 Å². The van der Waals surface area contributed by atoms with E-state index in [-0.39, 0.29) is 5.91 Å². The van der Waals surface area contributed by atoms with Crippen LogP contribution in [0.25, 0.3) is 0 Å². The molecule has 0 aliphatic heterocycles. The monoisotopic (exact) mass is 257 g/mol. The van der Waals surface area contributed by atoms with Crippen molar-refractivity contribution in [2.75, 3.05) is 12.4 Å². The van der Waals surface area contributed by atoms with Gasteiger partial charge < -0.3 is 10.6 Å². The van der Waals surface area contributed by atoms with E-state index in [4.69, 9.17) is 0 Å². The summed E-state index contributed by atoms with van der Waals surface area (Å²) in [5.41, 5.74) is 1.99. The second-order valence-corrected chi connectivity index (χ2v) is 3.96. The number of aromatic nitrogens is 3. The number of nitrogens with one attached hydrogen (secondary N) is 2. The zero-order valence-electron chi connectivity index (χ0n) is 10.8. The fourth-order valence-electron chi connectivity index (χ4n) is 1.58. The number of hydrogen-bond donors (Lipinski definition) is 2. The summed E-state index contributed by atoms with van der Waals surface area (Å²) in [4.78, 5) is 24.2. The smallest absolute Gasteiger partial charge is 0.270 e. The maximum atomic E-state index is 11.9. The highest BCUT2D eigenvalue weighted by Crippen LogP contribution is 2.06. The molecule has 2 aromatic rings. The van der Waals surface area contributed by atoms with Gasteiger partial charge in [0.25, 0.3) is 5.91 Å². The predicted octanol–water partition coefficient (Wildman–Crippen LogP) is 1.15. The third-order valence-electron chi connectivity index (χ3n) is 2.55. The van der Waals surface area contributed by atoms with E-state index in [1.807, 2.05) is 6.92 Å². The molecule has 6 nitrogen and oxygen atoms in total. The topological polar surface area (TPSA) is 79.8 Å². The molecular weight excluding hydrogens is 242 g/mol. The summed E-state index contributed by atoms with van der Waals surface area (Å²) < 4.78 is 0. The average Bonchev–Trinajstić information content (AvgIpc) is 2.45. The highest BCUT2D eigenvalue weighted by Gasteiger charge is 2.07. The molecule has 2 N–H and O–H groups in total. The minimum Gasteiger partial charge on any atom is -0.388 e. The molecule has 0 fully saturated rings. The van der Waals surface area contributed by atoms with Crippen LogP contribution in [0.2, 0.25) is 0 Å². The van der Waals surface area contributed by atoms with Gasteiger partial charge in [0.2, 0.25) is 0 Å². The van der Waals surface area contributed by atoms with Gasteiger partial charge in [0.1, 0.15) is 11.5 Å². The third kappa shape index (κ3) is 3.48. The Kier molecular flexibility index (Phi) is 4.02. The summed E-state index contributed by atoms with van der Waals surface area (Å²) in [6.07, 6.45) is 3.26. The molecule has 0 bridgehead atoms. The maximum absolute atomic E-state index is 11.9. The van der Waals surface area contributed by atoms with Crippen molar-refractivity contribution in [2.24, 2.45) is 0 Å². The van der Waals surface area contributed by atoms with Crippen molar-refractivity contribution in [3.05, 3.63) is 47.8 Å². The number of rotatable bonds is 4. The van der Waals surface area contributed by atoms with Crippen LogP contribution >= 0.6 is 0 Å². The van der Waals surface area contributed by atoms with Gasteiger partial charge in [-0.3, -0.25) is 9.78 Å². The molecule has 6 heteroatoms. The Morgan fingerprint density at radius 3 is 2.79 bits per heavy atom. The Labute approximate surface area is 111 Å². The Bertz CT molecular complexity index is 585. The first-order valence-corrected chi connectivity index (χ1v) is 5.89. The minimum atomic E-state index is -0.228.